The summed E-state index contributed by atoms with van der Waals surface area (Å²) in [5, 5.41) is 2.24. The van der Waals surface area contributed by atoms with Gasteiger partial charge in [-0.3, -0.25) is 9.59 Å². The Morgan fingerprint density at radius 1 is 1.06 bits per heavy atom. The minimum atomic E-state index is -3.60. The molecule has 0 atom stereocenters. The fourth-order valence-corrected chi connectivity index (χ4v) is 6.20. The molecule has 0 radical (unpaired) electrons. The number of carbonyl (C=O) groups is 2. The Bertz CT molecular complexity index is 1360. The van der Waals surface area contributed by atoms with E-state index in [1.165, 1.54) is 0 Å². The average molecular weight is 501 g/mol. The lowest BCUT2D eigenvalue weighted by Gasteiger charge is -2.40. The van der Waals surface area contributed by atoms with Gasteiger partial charge in [-0.1, -0.05) is 23.7 Å². The molecule has 0 spiro atoms. The average Bonchev–Trinajstić information content (AvgIpc) is 3.29. The molecule has 2 amide bonds. The number of aromatic nitrogens is 2. The van der Waals surface area contributed by atoms with E-state index in [0.717, 1.165) is 16.6 Å². The van der Waals surface area contributed by atoms with Crippen LogP contribution in [0.25, 0.3) is 10.8 Å². The molecular formula is C24H25ClN4O4S. The Kier molecular flexibility index (Phi) is 6.07. The Labute approximate surface area is 203 Å². The van der Waals surface area contributed by atoms with Gasteiger partial charge in [-0.15, -0.1) is 0 Å². The lowest BCUT2D eigenvalue weighted by Crippen LogP contribution is -2.51. The van der Waals surface area contributed by atoms with Crippen molar-refractivity contribution in [1.29, 1.82) is 0 Å². The molecule has 1 aromatic heterocycles. The number of halogens is 1. The molecule has 2 aliphatic rings. The molecule has 0 unspecified atom stereocenters. The Hall–Kier alpha value is -2.91. The Balaban J connectivity index is 1.16. The molecule has 0 saturated carbocycles. The fourth-order valence-electron chi connectivity index (χ4n) is 4.76. The fraction of sp³-hybridized carbons (Fsp3) is 0.375. The van der Waals surface area contributed by atoms with Crippen molar-refractivity contribution < 1.29 is 18.0 Å². The van der Waals surface area contributed by atoms with E-state index in [1.807, 2.05) is 15.7 Å². The molecule has 34 heavy (non-hydrogen) atoms. The molecule has 0 bridgehead atoms. The number of rotatable bonds is 5. The van der Waals surface area contributed by atoms with E-state index in [1.54, 1.807) is 47.5 Å². The van der Waals surface area contributed by atoms with Crippen molar-refractivity contribution in [1.82, 2.24) is 19.4 Å². The van der Waals surface area contributed by atoms with E-state index in [-0.39, 0.29) is 34.9 Å². The molecule has 8 nitrogen and oxygen atoms in total. The molecule has 2 aliphatic heterocycles. The van der Waals surface area contributed by atoms with Crippen LogP contribution in [-0.2, 0) is 32.5 Å². The number of sulfone groups is 1. The lowest BCUT2D eigenvalue weighted by molar-refractivity contribution is -0.139. The number of imidazole rings is 1. The quantitative estimate of drug-likeness (QED) is 0.537. The van der Waals surface area contributed by atoms with E-state index >= 15 is 0 Å². The van der Waals surface area contributed by atoms with Crippen molar-refractivity contribution in [3.8, 4) is 0 Å². The van der Waals surface area contributed by atoms with Gasteiger partial charge in [0.15, 0.2) is 9.84 Å². The van der Waals surface area contributed by atoms with Crippen molar-refractivity contribution in [3.63, 3.8) is 0 Å². The minimum Gasteiger partial charge on any atom is -0.343 e. The number of benzene rings is 2. The van der Waals surface area contributed by atoms with Gasteiger partial charge in [-0.2, -0.15) is 0 Å². The molecular weight excluding hydrogens is 476 g/mol. The number of amides is 2. The van der Waals surface area contributed by atoms with E-state index < -0.39 is 9.84 Å². The van der Waals surface area contributed by atoms with Gasteiger partial charge in [0.1, 0.15) is 12.4 Å². The van der Waals surface area contributed by atoms with Gasteiger partial charge in [0.2, 0.25) is 11.8 Å². The topological polar surface area (TPSA) is 92.6 Å². The summed E-state index contributed by atoms with van der Waals surface area (Å²) in [6.45, 7) is 1.81. The summed E-state index contributed by atoms with van der Waals surface area (Å²) < 4.78 is 27.6. The highest BCUT2D eigenvalue weighted by molar-refractivity contribution is 7.91. The molecule has 0 N–H and O–H groups in total. The predicted octanol–water partition coefficient (Wildman–Crippen LogP) is 2.89. The summed E-state index contributed by atoms with van der Waals surface area (Å²) >= 11 is 6.00. The van der Waals surface area contributed by atoms with Gasteiger partial charge in [0.25, 0.3) is 0 Å². The molecule has 10 heteroatoms. The Morgan fingerprint density at radius 2 is 1.79 bits per heavy atom. The first-order chi connectivity index (χ1) is 16.3. The summed E-state index contributed by atoms with van der Waals surface area (Å²) in [6, 6.07) is 10.3. The van der Waals surface area contributed by atoms with Crippen molar-refractivity contribution in [2.75, 3.05) is 18.8 Å². The number of piperidine rings is 1. The van der Waals surface area contributed by atoms with Crippen LogP contribution < -0.4 is 0 Å². The maximum atomic E-state index is 12.9. The minimum absolute atomic E-state index is 0.0638. The summed E-state index contributed by atoms with van der Waals surface area (Å²) in [5.41, 5.74) is 0. The van der Waals surface area contributed by atoms with E-state index in [2.05, 4.69) is 4.98 Å². The first kappa shape index (κ1) is 22.9. The third-order valence-corrected chi connectivity index (χ3v) is 8.66. The number of carbonyl (C=O) groups excluding carboxylic acids is 2. The summed E-state index contributed by atoms with van der Waals surface area (Å²) in [5.74, 6) is 0.534. The van der Waals surface area contributed by atoms with Gasteiger partial charge < -0.3 is 14.4 Å². The van der Waals surface area contributed by atoms with Gasteiger partial charge in [-0.05, 0) is 47.9 Å². The second-order valence-corrected chi connectivity index (χ2v) is 11.4. The maximum Gasteiger partial charge on any atom is 0.243 e. The molecule has 1 saturated heterocycles. The number of likely N-dealkylation sites (tertiary alicyclic amines) is 1. The smallest absolute Gasteiger partial charge is 0.243 e. The van der Waals surface area contributed by atoms with E-state index in [4.69, 9.17) is 11.6 Å². The van der Waals surface area contributed by atoms with E-state index in [9.17, 15) is 18.0 Å². The molecule has 0 aliphatic carbocycles. The third-order valence-electron chi connectivity index (χ3n) is 6.71. The van der Waals surface area contributed by atoms with Crippen LogP contribution in [0.5, 0.6) is 0 Å². The summed E-state index contributed by atoms with van der Waals surface area (Å²) in [4.78, 5) is 33.4. The Morgan fingerprint density at radius 3 is 2.59 bits per heavy atom. The molecule has 5 rings (SSSR count). The molecule has 2 aromatic carbocycles. The van der Waals surface area contributed by atoms with Gasteiger partial charge >= 0.3 is 0 Å². The summed E-state index contributed by atoms with van der Waals surface area (Å²) in [7, 11) is -3.60. The van der Waals surface area contributed by atoms with Crippen molar-refractivity contribution in [3.05, 3.63) is 59.6 Å². The third kappa shape index (κ3) is 4.54. The molecule has 1 fully saturated rings. The first-order valence-electron chi connectivity index (χ1n) is 11.3. The SMILES string of the molecule is O=C(CCS(=O)(=O)c1ccc2cc(Cl)ccc2c1)N1CCC(N2Cc3nccn3CC2=O)CC1. The van der Waals surface area contributed by atoms with Crippen LogP contribution in [-0.4, -0.2) is 64.5 Å². The van der Waals surface area contributed by atoms with Gasteiger partial charge in [-0.25, -0.2) is 13.4 Å². The zero-order valence-electron chi connectivity index (χ0n) is 18.6. The van der Waals surface area contributed by atoms with Crippen molar-refractivity contribution >= 4 is 44.0 Å². The number of nitrogens with zero attached hydrogens (tertiary/aromatic N) is 4. The zero-order valence-corrected chi connectivity index (χ0v) is 20.1. The largest absolute Gasteiger partial charge is 0.343 e. The van der Waals surface area contributed by atoms with Crippen LogP contribution in [0.15, 0.2) is 53.7 Å². The number of hydrogen-bond donors (Lipinski definition) is 0. The molecule has 3 aromatic rings. The first-order valence-corrected chi connectivity index (χ1v) is 13.3. The van der Waals surface area contributed by atoms with Crippen LogP contribution in [0.1, 0.15) is 25.1 Å². The molecule has 3 heterocycles. The predicted molar refractivity (Wildman–Crippen MR) is 128 cm³/mol. The second kappa shape index (κ2) is 9.03. The van der Waals surface area contributed by atoms with Crippen molar-refractivity contribution in [2.24, 2.45) is 0 Å². The number of hydrogen-bond acceptors (Lipinski definition) is 5. The van der Waals surface area contributed by atoms with Gasteiger partial charge in [0, 0.05) is 43.0 Å². The highest BCUT2D eigenvalue weighted by Crippen LogP contribution is 2.25. The number of fused-ring (bicyclic) bond motifs is 2. The molecule has 178 valence electrons. The monoisotopic (exact) mass is 500 g/mol. The normalized spacial score (nSPS) is 17.3. The van der Waals surface area contributed by atoms with E-state index in [0.29, 0.717) is 44.0 Å². The van der Waals surface area contributed by atoms with Crippen LogP contribution in [0.4, 0.5) is 0 Å². The lowest BCUT2D eigenvalue weighted by atomic mass is 10.0. The van der Waals surface area contributed by atoms with Crippen LogP contribution in [0.2, 0.25) is 5.02 Å². The zero-order chi connectivity index (χ0) is 23.9. The maximum absolute atomic E-state index is 12.9. The van der Waals surface area contributed by atoms with Crippen molar-refractivity contribution in [2.45, 2.75) is 43.3 Å². The second-order valence-electron chi connectivity index (χ2n) is 8.83. The highest BCUT2D eigenvalue weighted by Gasteiger charge is 2.33. The van der Waals surface area contributed by atoms with Gasteiger partial charge in [0.05, 0.1) is 17.2 Å². The van der Waals surface area contributed by atoms with Crippen LogP contribution in [0, 0.1) is 0 Å². The highest BCUT2D eigenvalue weighted by atomic mass is 35.5. The standard InChI is InChI=1S/C24H25ClN4O4S/c25-19-3-1-18-14-21(4-2-17(18)13-19)34(32,33)12-7-23(30)27-9-5-20(6-10-27)29-15-22-26-8-11-28(22)16-24(29)31/h1-4,8,11,13-14,20H,5-7,9-10,12,15-16H2. The summed E-state index contributed by atoms with van der Waals surface area (Å²) in [6.07, 6.45) is 4.81. The van der Waals surface area contributed by atoms with Crippen LogP contribution in [0.3, 0.4) is 0 Å². The van der Waals surface area contributed by atoms with Crippen LogP contribution >= 0.6 is 11.6 Å².